The summed E-state index contributed by atoms with van der Waals surface area (Å²) in [6.45, 7) is 14.8. The number of aromatic nitrogens is 6. The lowest BCUT2D eigenvalue weighted by Gasteiger charge is -2.29. The Hall–Kier alpha value is -4.49. The van der Waals surface area contributed by atoms with Crippen molar-refractivity contribution in [2.45, 2.75) is 141 Å². The number of nitrogens with two attached hydrogens (primary N) is 1. The third kappa shape index (κ3) is 18.5. The number of nitrogens with one attached hydrogen (secondary N) is 3. The number of allylic oxidation sites excluding steroid dienone is 1. The number of hydrogen-bond acceptors (Lipinski definition) is 16. The van der Waals surface area contributed by atoms with Gasteiger partial charge in [0.1, 0.15) is 48.1 Å². The molecule has 6 heterocycles. The molecule has 72 heavy (non-hydrogen) atoms. The molecule has 3 aliphatic heterocycles. The summed E-state index contributed by atoms with van der Waals surface area (Å²) in [6, 6.07) is -0.494. The Bertz CT molecular complexity index is 2420. The first-order chi connectivity index (χ1) is 33.1. The number of carbonyl (C=O) groups is 5. The SMILES string of the molecule is CC(C)(C)OC(=O)N1[C@@H]2C[C@@H]2C[C@H]1C(=O)Nc1cncc(Br)n1.CC(C)(C)OC(=O)N1[C@@H]2C[C@@H]2C[C@H]1C(=O)O.CC(C)=C(Cl)N(C)C.Cl.Nc1cncc(Br)n1.O=C(Nc1cncc(Br)n1)[C@@H]1C[C@H]2C[C@H]2N1. The summed E-state index contributed by atoms with van der Waals surface area (Å²) in [4.78, 5) is 88.2. The van der Waals surface area contributed by atoms with Crippen molar-refractivity contribution in [1.29, 1.82) is 0 Å². The monoisotopic (exact) mass is 1230 g/mol. The summed E-state index contributed by atoms with van der Waals surface area (Å²) in [7, 11) is 3.85. The van der Waals surface area contributed by atoms with Gasteiger partial charge in [0.25, 0.3) is 0 Å². The molecule has 26 heteroatoms. The fourth-order valence-corrected chi connectivity index (χ4v) is 9.02. The van der Waals surface area contributed by atoms with Crippen LogP contribution in [0.3, 0.4) is 0 Å². The number of piperidine rings is 3. The van der Waals surface area contributed by atoms with Crippen LogP contribution >= 0.6 is 71.8 Å². The predicted molar refractivity (Wildman–Crippen MR) is 284 cm³/mol. The molecule has 3 saturated heterocycles. The van der Waals surface area contributed by atoms with E-state index in [9.17, 15) is 24.0 Å². The highest BCUT2D eigenvalue weighted by molar-refractivity contribution is 9.11. The molecular weight excluding hydrogens is 1170 g/mol. The van der Waals surface area contributed by atoms with E-state index in [1.807, 2.05) is 53.6 Å². The molecule has 0 unspecified atom stereocenters. The van der Waals surface area contributed by atoms with E-state index in [-0.39, 0.29) is 42.3 Å². The number of halogens is 5. The molecule has 3 aliphatic carbocycles. The number of nitrogens with zero attached hydrogens (tertiary/aromatic N) is 9. The maximum atomic E-state index is 12.5. The molecule has 6 fully saturated rings. The molecule has 6 N–H and O–H groups in total. The van der Waals surface area contributed by atoms with Crippen molar-refractivity contribution in [2.24, 2.45) is 17.8 Å². The first-order valence-electron chi connectivity index (χ1n) is 22.9. The standard InChI is InChI=1S/C15H19BrN4O3.C11H17NO4.C10H11BrN4O.C6H12ClN.C4H4BrN3.ClH/c1-15(2,3)23-14(22)20-9-4-8(9)5-10(20)13(21)19-12-7-17-6-11(16)18-12;1-11(2,3)16-10(15)12-7-4-6(7)5-8(12)9(13)14;11-8-3-12-4-9(14-8)15-10(16)7-2-5-1-6(5)13-7;1-5(2)6(7)8(3)4;5-3-1-7-2-4(6)8-3;/h6-10H,4-5H2,1-3H3,(H,18,19,21);6-8H,4-5H2,1-3H3,(H,13,14);3-7,13H,1-2H2,(H,14,15,16);1-4H3;1-2H,(H2,6,8);1H/t8-,9-,10+;6-,7-,8+;5-,6-,7+;;;/m111.../s1. The quantitative estimate of drug-likeness (QED) is 0.145. The fraction of sp³-hybridized carbons (Fsp3) is 0.587. The van der Waals surface area contributed by atoms with Gasteiger partial charge in [-0.15, -0.1) is 12.4 Å². The van der Waals surface area contributed by atoms with E-state index in [2.05, 4.69) is 93.6 Å². The number of fused-ring (bicyclic) bond motifs is 3. The number of carboxylic acid groups (broad SMARTS) is 1. The average Bonchev–Trinajstić information content (AvgIpc) is 4.22. The fourth-order valence-electron chi connectivity index (χ4n) is 8.08. The van der Waals surface area contributed by atoms with Gasteiger partial charge in [-0.2, -0.15) is 0 Å². The van der Waals surface area contributed by atoms with Crippen molar-refractivity contribution in [2.75, 3.05) is 30.5 Å². The van der Waals surface area contributed by atoms with Crippen molar-refractivity contribution in [1.82, 2.24) is 49.9 Å². The number of ether oxygens (including phenoxy) is 2. The van der Waals surface area contributed by atoms with Crippen molar-refractivity contribution < 1.29 is 38.6 Å². The highest BCUT2D eigenvalue weighted by atomic mass is 79.9. The second kappa shape index (κ2) is 25.6. The maximum Gasteiger partial charge on any atom is 0.411 e. The van der Waals surface area contributed by atoms with Crippen LogP contribution in [0, 0.1) is 17.8 Å². The molecule has 3 aromatic rings. The number of rotatable bonds is 6. The summed E-state index contributed by atoms with van der Waals surface area (Å²) in [6.07, 6.45) is 13.5. The van der Waals surface area contributed by atoms with Crippen LogP contribution in [0.4, 0.5) is 27.0 Å². The number of likely N-dealkylation sites (tertiary alicyclic amines) is 2. The first kappa shape index (κ1) is 60.1. The minimum atomic E-state index is -0.932. The lowest BCUT2D eigenvalue weighted by molar-refractivity contribution is -0.142. The lowest BCUT2D eigenvalue weighted by atomic mass is 10.1. The van der Waals surface area contributed by atoms with Gasteiger partial charge < -0.3 is 41.2 Å². The number of anilines is 3. The zero-order chi connectivity index (χ0) is 52.7. The predicted octanol–water partition coefficient (Wildman–Crippen LogP) is 8.25. The van der Waals surface area contributed by atoms with E-state index < -0.39 is 41.4 Å². The van der Waals surface area contributed by atoms with Gasteiger partial charge in [-0.05, 0) is 165 Å². The van der Waals surface area contributed by atoms with Gasteiger partial charge in [0.15, 0.2) is 11.6 Å². The van der Waals surface area contributed by atoms with Crippen LogP contribution in [0.2, 0.25) is 0 Å². The Kier molecular flexibility index (Phi) is 21.4. The molecular formula is C46H64Br3Cl2N13O8. The molecule has 0 aromatic carbocycles. The molecule has 4 amide bonds. The van der Waals surface area contributed by atoms with E-state index >= 15 is 0 Å². The summed E-state index contributed by atoms with van der Waals surface area (Å²) in [5, 5.41) is 18.6. The highest BCUT2D eigenvalue weighted by Crippen LogP contribution is 2.49. The number of amides is 4. The normalized spacial score (nSPS) is 24.2. The first-order valence-corrected chi connectivity index (χ1v) is 25.7. The van der Waals surface area contributed by atoms with Crippen molar-refractivity contribution in [3.05, 3.63) is 61.7 Å². The second-order valence-electron chi connectivity index (χ2n) is 20.2. The third-order valence-electron chi connectivity index (χ3n) is 11.3. The summed E-state index contributed by atoms with van der Waals surface area (Å²) >= 11 is 15.3. The van der Waals surface area contributed by atoms with Crippen LogP contribution in [-0.2, 0) is 23.9 Å². The average molecular weight is 1240 g/mol. The molecule has 21 nitrogen and oxygen atoms in total. The van der Waals surface area contributed by atoms with E-state index in [0.29, 0.717) is 67.9 Å². The van der Waals surface area contributed by atoms with Crippen LogP contribution in [0.25, 0.3) is 0 Å². The molecule has 6 aliphatic rings. The van der Waals surface area contributed by atoms with Gasteiger partial charge in [0, 0.05) is 32.2 Å². The van der Waals surface area contributed by atoms with Crippen LogP contribution in [-0.4, -0.2) is 141 Å². The van der Waals surface area contributed by atoms with Crippen LogP contribution in [0.15, 0.2) is 61.7 Å². The molecule has 0 radical (unpaired) electrons. The molecule has 9 rings (SSSR count). The van der Waals surface area contributed by atoms with E-state index in [1.54, 1.807) is 44.3 Å². The van der Waals surface area contributed by atoms with Gasteiger partial charge in [-0.1, -0.05) is 11.6 Å². The van der Waals surface area contributed by atoms with Gasteiger partial charge in [0.05, 0.1) is 43.2 Å². The molecule has 396 valence electrons. The highest BCUT2D eigenvalue weighted by Gasteiger charge is 2.58. The second-order valence-corrected chi connectivity index (χ2v) is 23.0. The minimum absolute atomic E-state index is 0. The number of aliphatic carboxylic acids is 1. The smallest absolute Gasteiger partial charge is 0.411 e. The summed E-state index contributed by atoms with van der Waals surface area (Å²) in [5.74, 6) is 1.55. The minimum Gasteiger partial charge on any atom is -0.480 e. The number of carbonyl (C=O) groups excluding carboxylic acids is 4. The maximum absolute atomic E-state index is 12.5. The Morgan fingerprint density at radius 1 is 0.694 bits per heavy atom. The number of nitrogen functional groups attached to an aromatic ring is 1. The summed E-state index contributed by atoms with van der Waals surface area (Å²) < 4.78 is 12.5. The third-order valence-corrected chi connectivity index (χ3v) is 13.2. The van der Waals surface area contributed by atoms with Crippen LogP contribution in [0.5, 0.6) is 0 Å². The molecule has 0 spiro atoms. The van der Waals surface area contributed by atoms with Crippen molar-refractivity contribution >= 4 is 119 Å². The van der Waals surface area contributed by atoms with Gasteiger partial charge in [-0.25, -0.2) is 29.3 Å². The zero-order valence-corrected chi connectivity index (χ0v) is 48.1. The van der Waals surface area contributed by atoms with Crippen LogP contribution < -0.4 is 21.7 Å². The van der Waals surface area contributed by atoms with E-state index in [0.717, 1.165) is 30.0 Å². The van der Waals surface area contributed by atoms with Gasteiger partial charge in [-0.3, -0.25) is 34.3 Å². The molecule has 0 bridgehead atoms. The van der Waals surface area contributed by atoms with Gasteiger partial charge in [0.2, 0.25) is 11.8 Å². The molecule has 3 saturated carbocycles. The molecule has 3 aromatic heterocycles. The van der Waals surface area contributed by atoms with Crippen molar-refractivity contribution in [3.8, 4) is 0 Å². The van der Waals surface area contributed by atoms with Gasteiger partial charge >= 0.3 is 18.2 Å². The largest absolute Gasteiger partial charge is 0.480 e. The Balaban J connectivity index is 0.000000205. The Labute approximate surface area is 456 Å². The Morgan fingerprint density at radius 2 is 1.14 bits per heavy atom. The van der Waals surface area contributed by atoms with Crippen LogP contribution in [0.1, 0.15) is 93.9 Å². The van der Waals surface area contributed by atoms with E-state index in [1.165, 1.54) is 29.9 Å². The number of carboxylic acids is 1. The number of hydrogen-bond donors (Lipinski definition) is 5. The zero-order valence-electron chi connectivity index (χ0n) is 41.7. The van der Waals surface area contributed by atoms with Crippen molar-refractivity contribution in [3.63, 3.8) is 0 Å². The topological polar surface area (TPSA) is 273 Å². The molecule has 9 atom stereocenters. The summed E-state index contributed by atoms with van der Waals surface area (Å²) in [5.41, 5.74) is 5.25. The Morgan fingerprint density at radius 3 is 1.50 bits per heavy atom. The lowest BCUT2D eigenvalue weighted by Crippen LogP contribution is -2.47. The van der Waals surface area contributed by atoms with E-state index in [4.69, 9.17) is 31.9 Å².